The third-order valence-electron chi connectivity index (χ3n) is 5.89. The normalized spacial score (nSPS) is 17.8. The molecule has 8 nitrogen and oxygen atoms in total. The summed E-state index contributed by atoms with van der Waals surface area (Å²) >= 11 is 0. The Morgan fingerprint density at radius 2 is 1.72 bits per heavy atom. The lowest BCUT2D eigenvalue weighted by Crippen LogP contribution is -2.60. The van der Waals surface area contributed by atoms with Gasteiger partial charge >= 0.3 is 6.09 Å². The van der Waals surface area contributed by atoms with Crippen molar-refractivity contribution < 1.29 is 14.3 Å². The van der Waals surface area contributed by atoms with E-state index < -0.39 is 11.1 Å². The van der Waals surface area contributed by atoms with Crippen LogP contribution >= 0.6 is 0 Å². The third-order valence-corrected chi connectivity index (χ3v) is 5.89. The van der Waals surface area contributed by atoms with Crippen molar-refractivity contribution in [2.45, 2.75) is 77.0 Å². The van der Waals surface area contributed by atoms with E-state index in [4.69, 9.17) is 9.47 Å². The van der Waals surface area contributed by atoms with Gasteiger partial charge in [0.05, 0.1) is 5.54 Å². The maximum Gasteiger partial charge on any atom is 0.408 e. The molecule has 0 atom stereocenters. The van der Waals surface area contributed by atoms with Gasteiger partial charge in [0.15, 0.2) is 5.96 Å². The summed E-state index contributed by atoms with van der Waals surface area (Å²) < 4.78 is 11.0. The Balaban J connectivity index is 2.70. The number of hydrogen-bond donors (Lipinski definition) is 3. The molecule has 1 aliphatic rings. The molecule has 1 saturated heterocycles. The molecule has 1 rings (SSSR count). The minimum Gasteiger partial charge on any atom is -0.444 e. The topological polar surface area (TPSA) is 87.2 Å². The van der Waals surface area contributed by atoms with Crippen molar-refractivity contribution in [3.63, 3.8) is 0 Å². The van der Waals surface area contributed by atoms with Gasteiger partial charge in [0.25, 0.3) is 0 Å². The van der Waals surface area contributed by atoms with Crippen molar-refractivity contribution in [2.24, 2.45) is 4.99 Å². The van der Waals surface area contributed by atoms with Gasteiger partial charge in [0.1, 0.15) is 5.60 Å². The van der Waals surface area contributed by atoms with Gasteiger partial charge in [-0.1, -0.05) is 13.8 Å². The van der Waals surface area contributed by atoms with Crippen LogP contribution in [0.25, 0.3) is 0 Å². The molecule has 3 N–H and O–H groups in total. The second-order valence-corrected chi connectivity index (χ2v) is 9.12. The number of ether oxygens (including phenoxy) is 2. The summed E-state index contributed by atoms with van der Waals surface area (Å²) in [6.07, 6.45) is 3.15. The van der Waals surface area contributed by atoms with Gasteiger partial charge in [-0.3, -0.25) is 4.99 Å². The largest absolute Gasteiger partial charge is 0.444 e. The van der Waals surface area contributed by atoms with E-state index in [1.54, 1.807) is 7.05 Å². The van der Waals surface area contributed by atoms with Crippen LogP contribution in [0.4, 0.5) is 4.79 Å². The van der Waals surface area contributed by atoms with Crippen LogP contribution in [0.2, 0.25) is 0 Å². The van der Waals surface area contributed by atoms with E-state index in [2.05, 4.69) is 53.8 Å². The van der Waals surface area contributed by atoms with E-state index >= 15 is 0 Å². The lowest BCUT2D eigenvalue weighted by atomic mass is 9.88. The fourth-order valence-electron chi connectivity index (χ4n) is 3.50. The zero-order chi connectivity index (χ0) is 22.1. The maximum atomic E-state index is 12.3. The molecule has 0 aromatic carbocycles. The minimum absolute atomic E-state index is 0.0528. The molecule has 0 aromatic heterocycles. The zero-order valence-corrected chi connectivity index (χ0v) is 19.8. The summed E-state index contributed by atoms with van der Waals surface area (Å²) in [5.74, 6) is 0.731. The lowest BCUT2D eigenvalue weighted by molar-refractivity contribution is -0.00502. The van der Waals surface area contributed by atoms with Crippen LogP contribution in [-0.4, -0.2) is 81.1 Å². The van der Waals surface area contributed by atoms with Crippen LogP contribution in [-0.2, 0) is 9.47 Å². The smallest absolute Gasteiger partial charge is 0.408 e. The molecule has 0 aromatic rings. The van der Waals surface area contributed by atoms with Crippen LogP contribution in [0.3, 0.4) is 0 Å². The Morgan fingerprint density at radius 1 is 1.14 bits per heavy atom. The third kappa shape index (κ3) is 8.01. The number of amides is 1. The Labute approximate surface area is 177 Å². The second-order valence-electron chi connectivity index (χ2n) is 9.12. The van der Waals surface area contributed by atoms with Gasteiger partial charge in [-0.25, -0.2) is 4.79 Å². The van der Waals surface area contributed by atoms with E-state index in [0.717, 1.165) is 51.4 Å². The number of guanidine groups is 1. The van der Waals surface area contributed by atoms with Crippen molar-refractivity contribution in [1.29, 1.82) is 0 Å². The number of nitrogens with zero attached hydrogens (tertiary/aromatic N) is 2. The number of hydrogen-bond acceptors (Lipinski definition) is 5. The second kappa shape index (κ2) is 11.0. The predicted octanol–water partition coefficient (Wildman–Crippen LogP) is 2.35. The molecule has 0 saturated carbocycles. The molecular weight excluding hydrogens is 370 g/mol. The number of carbonyl (C=O) groups excluding carboxylic acids is 1. The highest BCUT2D eigenvalue weighted by molar-refractivity contribution is 5.80. The predicted molar refractivity (Wildman–Crippen MR) is 119 cm³/mol. The van der Waals surface area contributed by atoms with Crippen LogP contribution < -0.4 is 16.0 Å². The molecule has 0 bridgehead atoms. The van der Waals surface area contributed by atoms with Crippen molar-refractivity contribution >= 4 is 12.1 Å². The summed E-state index contributed by atoms with van der Waals surface area (Å²) in [6.45, 7) is 12.7. The van der Waals surface area contributed by atoms with Gasteiger partial charge in [-0.2, -0.15) is 0 Å². The molecular formula is C21H43N5O3. The molecule has 1 amide bonds. The number of rotatable bonds is 8. The molecule has 1 fully saturated rings. The minimum atomic E-state index is -0.521. The highest BCUT2D eigenvalue weighted by Crippen LogP contribution is 2.25. The average molecular weight is 414 g/mol. The molecule has 0 spiro atoms. The number of alkyl carbamates (subject to hydrolysis) is 1. The lowest BCUT2D eigenvalue weighted by Gasteiger charge is -2.43. The summed E-state index contributed by atoms with van der Waals surface area (Å²) in [5.41, 5.74) is -0.873. The molecule has 0 unspecified atom stereocenters. The molecule has 1 heterocycles. The number of aliphatic imine (C=N–C) groups is 1. The SMILES string of the molecule is CCC(CC)(CNC(=NC)NCC1(N(C)C)CCOCC1)NC(=O)OC(C)(C)C. The summed E-state index contributed by atoms with van der Waals surface area (Å²) in [6, 6.07) is 0. The van der Waals surface area contributed by atoms with Crippen LogP contribution in [0.15, 0.2) is 4.99 Å². The van der Waals surface area contributed by atoms with E-state index in [1.165, 1.54) is 0 Å². The number of likely N-dealkylation sites (N-methyl/N-ethyl adjacent to an activating group) is 1. The number of nitrogens with one attached hydrogen (secondary N) is 3. The van der Waals surface area contributed by atoms with Gasteiger partial charge in [-0.15, -0.1) is 0 Å². The van der Waals surface area contributed by atoms with Crippen molar-refractivity contribution in [1.82, 2.24) is 20.9 Å². The van der Waals surface area contributed by atoms with E-state index in [0.29, 0.717) is 6.54 Å². The first-order valence-electron chi connectivity index (χ1n) is 10.7. The monoisotopic (exact) mass is 413 g/mol. The van der Waals surface area contributed by atoms with Gasteiger partial charge in [0, 0.05) is 38.9 Å². The summed E-state index contributed by atoms with van der Waals surface area (Å²) in [5, 5.41) is 9.93. The fraction of sp³-hybridized carbons (Fsp3) is 0.905. The number of carbonyl (C=O) groups is 1. The van der Waals surface area contributed by atoms with Gasteiger partial charge < -0.3 is 30.3 Å². The standard InChI is InChI=1S/C21H43N5O3/c1-9-20(10-2,25-18(27)29-19(3,4)5)15-23-17(22-6)24-16-21(26(7)8)11-13-28-14-12-21/h9-16H2,1-8H3,(H,25,27)(H2,22,23,24). The molecule has 0 radical (unpaired) electrons. The molecule has 29 heavy (non-hydrogen) atoms. The molecule has 8 heteroatoms. The first kappa shape index (κ1) is 25.5. The van der Waals surface area contributed by atoms with Crippen molar-refractivity contribution in [3.8, 4) is 0 Å². The Bertz CT molecular complexity index is 533. The summed E-state index contributed by atoms with van der Waals surface area (Å²) in [7, 11) is 6.00. The Morgan fingerprint density at radius 3 is 2.17 bits per heavy atom. The fourth-order valence-corrected chi connectivity index (χ4v) is 3.50. The zero-order valence-electron chi connectivity index (χ0n) is 19.8. The molecule has 0 aliphatic carbocycles. The highest BCUT2D eigenvalue weighted by atomic mass is 16.6. The first-order chi connectivity index (χ1) is 13.5. The maximum absolute atomic E-state index is 12.3. The highest BCUT2D eigenvalue weighted by Gasteiger charge is 2.35. The molecule has 170 valence electrons. The van der Waals surface area contributed by atoms with Crippen LogP contribution in [0, 0.1) is 0 Å². The van der Waals surface area contributed by atoms with Crippen LogP contribution in [0.5, 0.6) is 0 Å². The average Bonchev–Trinajstić information content (AvgIpc) is 2.66. The first-order valence-corrected chi connectivity index (χ1v) is 10.7. The van der Waals surface area contributed by atoms with Crippen molar-refractivity contribution in [3.05, 3.63) is 0 Å². The van der Waals surface area contributed by atoms with Gasteiger partial charge in [-0.05, 0) is 60.5 Å². The summed E-state index contributed by atoms with van der Waals surface area (Å²) in [4.78, 5) is 19.0. The van der Waals surface area contributed by atoms with Crippen molar-refractivity contribution in [2.75, 3.05) is 47.4 Å². The van der Waals surface area contributed by atoms with E-state index in [9.17, 15) is 4.79 Å². The Kier molecular flexibility index (Phi) is 9.68. The molecule has 1 aliphatic heterocycles. The van der Waals surface area contributed by atoms with E-state index in [-0.39, 0.29) is 11.6 Å². The Hall–Kier alpha value is -1.54. The van der Waals surface area contributed by atoms with Crippen LogP contribution in [0.1, 0.15) is 60.3 Å². The van der Waals surface area contributed by atoms with Gasteiger partial charge in [0.2, 0.25) is 0 Å². The van der Waals surface area contributed by atoms with E-state index in [1.807, 2.05) is 20.8 Å². The quantitative estimate of drug-likeness (QED) is 0.418.